The third-order valence-electron chi connectivity index (χ3n) is 3.76. The van der Waals surface area contributed by atoms with Crippen LogP contribution in [0.15, 0.2) is 23.0 Å². The Morgan fingerprint density at radius 1 is 1.46 bits per heavy atom. The van der Waals surface area contributed by atoms with Crippen LogP contribution in [0, 0.1) is 6.92 Å². The van der Waals surface area contributed by atoms with Crippen molar-refractivity contribution in [3.05, 3.63) is 35.5 Å². The van der Waals surface area contributed by atoms with E-state index in [2.05, 4.69) is 10.3 Å². The van der Waals surface area contributed by atoms with Crippen LogP contribution in [0.5, 0.6) is 0 Å². The van der Waals surface area contributed by atoms with E-state index in [9.17, 15) is 9.59 Å². The van der Waals surface area contributed by atoms with E-state index in [0.29, 0.717) is 25.5 Å². The second-order valence-electron chi connectivity index (χ2n) is 5.72. The third-order valence-corrected chi connectivity index (χ3v) is 3.76. The lowest BCUT2D eigenvalue weighted by atomic mass is 10.1. The molecule has 3 rings (SSSR count). The van der Waals surface area contributed by atoms with Crippen molar-refractivity contribution >= 4 is 11.9 Å². The molecule has 0 radical (unpaired) electrons. The number of carbonyl (C=O) groups excluding carboxylic acids is 1. The number of amides is 1. The number of rotatable bonds is 5. The van der Waals surface area contributed by atoms with Crippen LogP contribution in [0.25, 0.3) is 0 Å². The number of morpholine rings is 1. The molecule has 1 unspecified atom stereocenters. The van der Waals surface area contributed by atoms with E-state index in [1.807, 2.05) is 13.1 Å². The number of nitrogens with zero attached hydrogens (tertiary/aromatic N) is 4. The molecule has 2 aromatic rings. The summed E-state index contributed by atoms with van der Waals surface area (Å²) in [6, 6.07) is 1.06. The fraction of sp³-hybridized carbons (Fsp3) is 0.467. The molecule has 1 aliphatic heterocycles. The normalized spacial score (nSPS) is 17.9. The molecule has 1 saturated heterocycles. The smallest absolute Gasteiger partial charge is 0.305 e. The third kappa shape index (κ3) is 3.62. The molecule has 9 nitrogen and oxygen atoms in total. The predicted octanol–water partition coefficient (Wildman–Crippen LogP) is 0.544. The Balaban J connectivity index is 1.71. The fourth-order valence-electron chi connectivity index (χ4n) is 2.64. The molecule has 1 aliphatic rings. The van der Waals surface area contributed by atoms with Crippen LogP contribution < -0.4 is 0 Å². The molecule has 1 N–H and O–H groups in total. The summed E-state index contributed by atoms with van der Waals surface area (Å²) in [5.41, 5.74) is 1.18. The van der Waals surface area contributed by atoms with Crippen LogP contribution in [-0.4, -0.2) is 62.6 Å². The van der Waals surface area contributed by atoms with Crippen LogP contribution in [0.4, 0.5) is 0 Å². The Hall–Kier alpha value is -2.68. The highest BCUT2D eigenvalue weighted by atomic mass is 16.5. The Labute approximate surface area is 137 Å². The molecule has 0 aliphatic carbocycles. The van der Waals surface area contributed by atoms with Crippen LogP contribution >= 0.6 is 0 Å². The second-order valence-corrected chi connectivity index (χ2v) is 5.72. The predicted molar refractivity (Wildman–Crippen MR) is 80.5 cm³/mol. The van der Waals surface area contributed by atoms with Gasteiger partial charge in [-0.1, -0.05) is 5.16 Å². The number of hydrogen-bond donors (Lipinski definition) is 1. The van der Waals surface area contributed by atoms with E-state index in [1.165, 1.54) is 4.90 Å². The molecule has 24 heavy (non-hydrogen) atoms. The van der Waals surface area contributed by atoms with Crippen LogP contribution in [0.2, 0.25) is 0 Å². The zero-order valence-electron chi connectivity index (χ0n) is 13.2. The molecule has 0 bridgehead atoms. The molecule has 128 valence electrons. The van der Waals surface area contributed by atoms with Crippen LogP contribution in [0.1, 0.15) is 28.2 Å². The summed E-state index contributed by atoms with van der Waals surface area (Å²) in [6.07, 6.45) is 3.42. The summed E-state index contributed by atoms with van der Waals surface area (Å²) < 4.78 is 12.2. The lowest BCUT2D eigenvalue weighted by Gasteiger charge is -2.34. The van der Waals surface area contributed by atoms with Gasteiger partial charge < -0.3 is 19.3 Å². The number of carboxylic acids is 1. The fourth-order valence-corrected chi connectivity index (χ4v) is 2.64. The molecule has 0 saturated carbocycles. The largest absolute Gasteiger partial charge is 0.481 e. The van der Waals surface area contributed by atoms with Crippen molar-refractivity contribution in [1.29, 1.82) is 0 Å². The van der Waals surface area contributed by atoms with Gasteiger partial charge in [0.05, 0.1) is 31.9 Å². The number of ether oxygens (including phenoxy) is 1. The quantitative estimate of drug-likeness (QED) is 0.849. The number of hydrogen-bond acceptors (Lipinski definition) is 6. The van der Waals surface area contributed by atoms with Gasteiger partial charge in [-0.3, -0.25) is 14.3 Å². The molecule has 0 spiro atoms. The zero-order chi connectivity index (χ0) is 17.1. The maximum Gasteiger partial charge on any atom is 0.305 e. The highest BCUT2D eigenvalue weighted by Crippen LogP contribution is 2.16. The number of aryl methyl sites for hydroxylation is 1. The van der Waals surface area contributed by atoms with Gasteiger partial charge in [-0.05, 0) is 12.5 Å². The SMILES string of the molecule is Cc1cnn(Cc2cc(C(=O)N3CCOCC3CC(=O)O)no2)c1. The maximum atomic E-state index is 12.6. The van der Waals surface area contributed by atoms with E-state index in [1.54, 1.807) is 16.9 Å². The summed E-state index contributed by atoms with van der Waals surface area (Å²) in [7, 11) is 0. The van der Waals surface area contributed by atoms with Crippen molar-refractivity contribution in [1.82, 2.24) is 19.8 Å². The Kier molecular flexibility index (Phi) is 4.61. The molecule has 0 aromatic carbocycles. The summed E-state index contributed by atoms with van der Waals surface area (Å²) in [4.78, 5) is 25.0. The number of carbonyl (C=O) groups is 2. The first-order valence-electron chi connectivity index (χ1n) is 7.58. The van der Waals surface area contributed by atoms with Gasteiger partial charge in [0.1, 0.15) is 6.54 Å². The topological polar surface area (TPSA) is 111 Å². The maximum absolute atomic E-state index is 12.6. The van der Waals surface area contributed by atoms with E-state index >= 15 is 0 Å². The minimum absolute atomic E-state index is 0.158. The first-order chi connectivity index (χ1) is 11.5. The average molecular weight is 334 g/mol. The lowest BCUT2D eigenvalue weighted by molar-refractivity contribution is -0.139. The van der Waals surface area contributed by atoms with Gasteiger partial charge in [-0.25, -0.2) is 0 Å². The van der Waals surface area contributed by atoms with Crippen molar-refractivity contribution in [2.24, 2.45) is 0 Å². The van der Waals surface area contributed by atoms with Crippen LogP contribution in [0.3, 0.4) is 0 Å². The van der Waals surface area contributed by atoms with E-state index in [4.69, 9.17) is 14.4 Å². The molecular weight excluding hydrogens is 316 g/mol. The number of carboxylic acid groups (broad SMARTS) is 1. The van der Waals surface area contributed by atoms with E-state index in [0.717, 1.165) is 5.56 Å². The molecule has 1 amide bonds. The molecule has 1 fully saturated rings. The molecule has 2 aromatic heterocycles. The highest BCUT2D eigenvalue weighted by Gasteiger charge is 2.31. The van der Waals surface area contributed by atoms with Gasteiger partial charge in [0.15, 0.2) is 11.5 Å². The Bertz CT molecular complexity index is 738. The summed E-state index contributed by atoms with van der Waals surface area (Å²) >= 11 is 0. The number of aromatic nitrogens is 3. The first-order valence-corrected chi connectivity index (χ1v) is 7.58. The van der Waals surface area contributed by atoms with Gasteiger partial charge in [-0.15, -0.1) is 0 Å². The first kappa shape index (κ1) is 16.2. The Morgan fingerprint density at radius 2 is 2.29 bits per heavy atom. The van der Waals surface area contributed by atoms with E-state index in [-0.39, 0.29) is 24.6 Å². The summed E-state index contributed by atoms with van der Waals surface area (Å²) in [6.45, 7) is 3.21. The minimum atomic E-state index is -0.974. The van der Waals surface area contributed by atoms with Gasteiger partial charge in [0, 0.05) is 18.8 Å². The van der Waals surface area contributed by atoms with Gasteiger partial charge in [-0.2, -0.15) is 5.10 Å². The van der Waals surface area contributed by atoms with Gasteiger partial charge in [0.2, 0.25) is 0 Å². The average Bonchev–Trinajstić information content (AvgIpc) is 3.16. The van der Waals surface area contributed by atoms with Gasteiger partial charge in [0.25, 0.3) is 5.91 Å². The molecular formula is C15H18N4O5. The van der Waals surface area contributed by atoms with Gasteiger partial charge >= 0.3 is 5.97 Å². The van der Waals surface area contributed by atoms with Crippen LogP contribution in [-0.2, 0) is 16.1 Å². The lowest BCUT2D eigenvalue weighted by Crippen LogP contribution is -2.49. The standard InChI is InChI=1S/C15H18N4O5/c1-10-6-16-18(7-10)8-12-5-13(17-24-12)15(22)19-2-3-23-9-11(19)4-14(20)21/h5-7,11H,2-4,8-9H2,1H3,(H,20,21). The van der Waals surface area contributed by atoms with E-state index < -0.39 is 12.0 Å². The summed E-state index contributed by atoms with van der Waals surface area (Å²) in [5, 5.41) is 16.9. The minimum Gasteiger partial charge on any atom is -0.481 e. The summed E-state index contributed by atoms with van der Waals surface area (Å²) in [5.74, 6) is -0.820. The molecule has 1 atom stereocenters. The number of aliphatic carboxylic acids is 1. The van der Waals surface area contributed by atoms with Crippen molar-refractivity contribution in [3.8, 4) is 0 Å². The van der Waals surface area contributed by atoms with Crippen molar-refractivity contribution < 1.29 is 24.0 Å². The van der Waals surface area contributed by atoms with Crippen molar-refractivity contribution in [2.75, 3.05) is 19.8 Å². The van der Waals surface area contributed by atoms with Crippen molar-refractivity contribution in [3.63, 3.8) is 0 Å². The zero-order valence-corrected chi connectivity index (χ0v) is 13.2. The highest BCUT2D eigenvalue weighted by molar-refractivity contribution is 5.92. The molecule has 9 heteroatoms. The monoisotopic (exact) mass is 334 g/mol. The van der Waals surface area contributed by atoms with Crippen molar-refractivity contribution in [2.45, 2.75) is 25.9 Å². The Morgan fingerprint density at radius 3 is 3.00 bits per heavy atom. The molecule has 3 heterocycles. The second kappa shape index (κ2) is 6.83.